The molecule has 0 bridgehead atoms. The molecule has 0 N–H and O–H groups in total. The smallest absolute Gasteiger partial charge is 0.157 e. The lowest BCUT2D eigenvalue weighted by Gasteiger charge is -2.08. The summed E-state index contributed by atoms with van der Waals surface area (Å²) in [5.74, 6) is 0.621. The molecule has 3 rings (SSSR count). The van der Waals surface area contributed by atoms with Crippen LogP contribution in [0.2, 0.25) is 10.2 Å². The van der Waals surface area contributed by atoms with E-state index in [4.69, 9.17) is 23.2 Å². The molecule has 0 fully saturated rings. The van der Waals surface area contributed by atoms with Crippen LogP contribution >= 0.6 is 35.0 Å². The average molecular weight is 324 g/mol. The zero-order valence-corrected chi connectivity index (χ0v) is 12.3. The van der Waals surface area contributed by atoms with Gasteiger partial charge < -0.3 is 0 Å². The SMILES string of the molecule is Clc1cnc(Sc2ccnc(-n3ccnc3)c2Cl)cn1. The summed E-state index contributed by atoms with van der Waals surface area (Å²) in [6.45, 7) is 0. The minimum Gasteiger partial charge on any atom is -0.289 e. The molecule has 3 heterocycles. The van der Waals surface area contributed by atoms with Crippen LogP contribution in [0.25, 0.3) is 5.82 Å². The van der Waals surface area contributed by atoms with E-state index in [1.165, 1.54) is 18.0 Å². The van der Waals surface area contributed by atoms with Gasteiger partial charge in [-0.05, 0) is 6.07 Å². The van der Waals surface area contributed by atoms with Crippen molar-refractivity contribution in [3.8, 4) is 5.82 Å². The van der Waals surface area contributed by atoms with Crippen molar-refractivity contribution in [3.63, 3.8) is 0 Å². The van der Waals surface area contributed by atoms with Gasteiger partial charge in [0.1, 0.15) is 16.5 Å². The minimum absolute atomic E-state index is 0.356. The van der Waals surface area contributed by atoms with Crippen LogP contribution in [0.15, 0.2) is 53.3 Å². The van der Waals surface area contributed by atoms with Gasteiger partial charge in [-0.25, -0.2) is 19.9 Å². The molecule has 0 aliphatic rings. The van der Waals surface area contributed by atoms with E-state index in [1.54, 1.807) is 35.7 Å². The Kier molecular flexibility index (Phi) is 3.86. The Morgan fingerprint density at radius 2 is 1.95 bits per heavy atom. The van der Waals surface area contributed by atoms with Gasteiger partial charge in [-0.2, -0.15) is 0 Å². The lowest BCUT2D eigenvalue weighted by atomic mass is 10.4. The summed E-state index contributed by atoms with van der Waals surface area (Å²) in [5.41, 5.74) is 0. The van der Waals surface area contributed by atoms with Gasteiger partial charge >= 0.3 is 0 Å². The number of halogens is 2. The second-order valence-corrected chi connectivity index (χ2v) is 5.52. The van der Waals surface area contributed by atoms with Crippen molar-refractivity contribution < 1.29 is 0 Å². The van der Waals surface area contributed by atoms with Crippen molar-refractivity contribution in [2.24, 2.45) is 0 Å². The molecule has 20 heavy (non-hydrogen) atoms. The molecule has 0 spiro atoms. The molecule has 0 atom stereocenters. The third-order valence-corrected chi connectivity index (χ3v) is 4.06. The topological polar surface area (TPSA) is 56.5 Å². The highest BCUT2D eigenvalue weighted by Crippen LogP contribution is 2.34. The highest BCUT2D eigenvalue weighted by molar-refractivity contribution is 7.99. The van der Waals surface area contributed by atoms with E-state index in [9.17, 15) is 0 Å². The van der Waals surface area contributed by atoms with E-state index in [2.05, 4.69) is 19.9 Å². The Hall–Kier alpha value is -1.63. The first-order valence-corrected chi connectivity index (χ1v) is 7.09. The van der Waals surface area contributed by atoms with Gasteiger partial charge in [-0.3, -0.25) is 4.57 Å². The third kappa shape index (κ3) is 2.77. The quantitative estimate of drug-likeness (QED) is 0.738. The van der Waals surface area contributed by atoms with E-state index >= 15 is 0 Å². The van der Waals surface area contributed by atoms with Crippen molar-refractivity contribution in [2.45, 2.75) is 9.92 Å². The lowest BCUT2D eigenvalue weighted by Crippen LogP contribution is -1.96. The summed E-state index contributed by atoms with van der Waals surface area (Å²) in [6.07, 6.45) is 9.88. The van der Waals surface area contributed by atoms with Crippen LogP contribution < -0.4 is 0 Å². The first kappa shape index (κ1) is 13.4. The van der Waals surface area contributed by atoms with Gasteiger partial charge in [0.2, 0.25) is 0 Å². The molecule has 0 saturated heterocycles. The Morgan fingerprint density at radius 1 is 1.05 bits per heavy atom. The molecule has 100 valence electrons. The van der Waals surface area contributed by atoms with Crippen molar-refractivity contribution >= 4 is 35.0 Å². The number of nitrogens with zero attached hydrogens (tertiary/aromatic N) is 5. The average Bonchev–Trinajstić information content (AvgIpc) is 2.97. The molecule has 3 aromatic rings. The van der Waals surface area contributed by atoms with E-state index in [0.29, 0.717) is 21.0 Å². The molecule has 0 aromatic carbocycles. The fraction of sp³-hybridized carbons (Fsp3) is 0. The maximum Gasteiger partial charge on any atom is 0.157 e. The van der Waals surface area contributed by atoms with Gasteiger partial charge in [-0.1, -0.05) is 35.0 Å². The van der Waals surface area contributed by atoms with Crippen LogP contribution in [0.5, 0.6) is 0 Å². The number of hydrogen-bond acceptors (Lipinski definition) is 5. The van der Waals surface area contributed by atoms with Gasteiger partial charge in [0.25, 0.3) is 0 Å². The fourth-order valence-electron chi connectivity index (χ4n) is 1.52. The highest BCUT2D eigenvalue weighted by atomic mass is 35.5. The zero-order chi connectivity index (χ0) is 13.9. The van der Waals surface area contributed by atoms with Gasteiger partial charge in [0.15, 0.2) is 5.82 Å². The number of hydrogen-bond donors (Lipinski definition) is 0. The van der Waals surface area contributed by atoms with Crippen molar-refractivity contribution in [2.75, 3.05) is 0 Å². The van der Waals surface area contributed by atoms with Crippen LogP contribution in [0.1, 0.15) is 0 Å². The molecule has 0 unspecified atom stereocenters. The largest absolute Gasteiger partial charge is 0.289 e. The van der Waals surface area contributed by atoms with Gasteiger partial charge in [-0.15, -0.1) is 0 Å². The van der Waals surface area contributed by atoms with Gasteiger partial charge in [0.05, 0.1) is 17.4 Å². The molecule has 8 heteroatoms. The van der Waals surface area contributed by atoms with Crippen LogP contribution in [0.4, 0.5) is 0 Å². The predicted octanol–water partition coefficient (Wildman–Crippen LogP) is 3.52. The van der Waals surface area contributed by atoms with Crippen molar-refractivity contribution in [3.05, 3.63) is 53.6 Å². The van der Waals surface area contributed by atoms with Crippen LogP contribution in [0.3, 0.4) is 0 Å². The standard InChI is InChI=1S/C12H7Cl2N5S/c13-9-5-18-10(6-17-9)20-8-1-2-16-12(11(8)14)19-4-3-15-7-19/h1-7H. The summed E-state index contributed by atoms with van der Waals surface area (Å²) in [5, 5.41) is 1.60. The minimum atomic E-state index is 0.356. The van der Waals surface area contributed by atoms with Crippen molar-refractivity contribution in [1.29, 1.82) is 0 Å². The van der Waals surface area contributed by atoms with Crippen LogP contribution in [-0.4, -0.2) is 24.5 Å². The molecule has 5 nitrogen and oxygen atoms in total. The van der Waals surface area contributed by atoms with Crippen molar-refractivity contribution in [1.82, 2.24) is 24.5 Å². The zero-order valence-electron chi connectivity index (χ0n) is 9.94. The molecule has 0 saturated carbocycles. The summed E-state index contributed by atoms with van der Waals surface area (Å²) in [7, 11) is 0. The number of imidazole rings is 1. The molecule has 0 amide bonds. The predicted molar refractivity (Wildman–Crippen MR) is 77.5 cm³/mol. The van der Waals surface area contributed by atoms with Crippen LogP contribution in [0, 0.1) is 0 Å². The first-order chi connectivity index (χ1) is 9.74. The van der Waals surface area contributed by atoms with E-state index in [0.717, 1.165) is 4.90 Å². The highest BCUT2D eigenvalue weighted by Gasteiger charge is 2.11. The van der Waals surface area contributed by atoms with E-state index in [1.807, 2.05) is 6.07 Å². The fourth-order valence-corrected chi connectivity index (χ4v) is 2.69. The first-order valence-electron chi connectivity index (χ1n) is 5.52. The lowest BCUT2D eigenvalue weighted by molar-refractivity contribution is 0.980. The molecule has 0 aliphatic carbocycles. The number of rotatable bonds is 3. The summed E-state index contributed by atoms with van der Waals surface area (Å²) < 4.78 is 1.75. The summed E-state index contributed by atoms with van der Waals surface area (Å²) >= 11 is 13.5. The Bertz CT molecular complexity index is 715. The Morgan fingerprint density at radius 3 is 2.65 bits per heavy atom. The summed E-state index contributed by atoms with van der Waals surface area (Å²) in [4.78, 5) is 17.2. The third-order valence-electron chi connectivity index (χ3n) is 2.40. The normalized spacial score (nSPS) is 10.7. The molecule has 0 aliphatic heterocycles. The molecular formula is C12H7Cl2N5S. The maximum atomic E-state index is 6.38. The van der Waals surface area contributed by atoms with E-state index < -0.39 is 0 Å². The van der Waals surface area contributed by atoms with Crippen LogP contribution in [-0.2, 0) is 0 Å². The number of pyridine rings is 1. The number of aromatic nitrogens is 5. The molecule has 0 radical (unpaired) electrons. The summed E-state index contributed by atoms with van der Waals surface area (Å²) in [6, 6.07) is 1.82. The second-order valence-electron chi connectivity index (χ2n) is 3.70. The van der Waals surface area contributed by atoms with E-state index in [-0.39, 0.29) is 0 Å². The monoisotopic (exact) mass is 323 g/mol. The van der Waals surface area contributed by atoms with Gasteiger partial charge in [0, 0.05) is 23.5 Å². The second kappa shape index (κ2) is 5.78. The molecular weight excluding hydrogens is 317 g/mol. The molecule has 3 aromatic heterocycles. The Balaban J connectivity index is 1.94. The maximum absolute atomic E-state index is 6.38. The Labute approximate surface area is 129 Å².